The maximum Gasteiger partial charge on any atom is 0.0367 e. The number of anilines is 1. The molecular weight excluding hydrogens is 264 g/mol. The quantitative estimate of drug-likeness (QED) is 0.858. The van der Waals surface area contributed by atoms with Gasteiger partial charge in [0.2, 0.25) is 0 Å². The normalized spacial score (nSPS) is 24.5. The van der Waals surface area contributed by atoms with Crippen LogP contribution in [0, 0.1) is 5.41 Å². The first-order valence-corrected chi connectivity index (χ1v) is 6.54. The molecule has 1 fully saturated rings. The van der Waals surface area contributed by atoms with Crippen molar-refractivity contribution in [1.82, 2.24) is 0 Å². The standard InChI is InChI=1S/C13H19BrN2/c1-13(2)9-16(8-7-12(13)15)11-5-3-10(14)4-6-11/h3-6,12H,7-9,15H2,1-2H3. The molecule has 88 valence electrons. The van der Waals surface area contributed by atoms with E-state index in [9.17, 15) is 0 Å². The Morgan fingerprint density at radius 2 is 1.94 bits per heavy atom. The van der Waals surface area contributed by atoms with Crippen molar-refractivity contribution in [1.29, 1.82) is 0 Å². The van der Waals surface area contributed by atoms with Crippen LogP contribution < -0.4 is 10.6 Å². The van der Waals surface area contributed by atoms with Gasteiger partial charge in [0.05, 0.1) is 0 Å². The summed E-state index contributed by atoms with van der Waals surface area (Å²) in [5.74, 6) is 0. The number of rotatable bonds is 1. The SMILES string of the molecule is CC1(C)CN(c2ccc(Br)cc2)CCC1N. The highest BCUT2D eigenvalue weighted by Gasteiger charge is 2.33. The van der Waals surface area contributed by atoms with Gasteiger partial charge in [-0.15, -0.1) is 0 Å². The molecular formula is C13H19BrN2. The number of nitrogens with zero attached hydrogens (tertiary/aromatic N) is 1. The van der Waals surface area contributed by atoms with E-state index in [1.807, 2.05) is 0 Å². The van der Waals surface area contributed by atoms with Crippen LogP contribution in [0.4, 0.5) is 5.69 Å². The minimum absolute atomic E-state index is 0.200. The second kappa shape index (κ2) is 4.38. The summed E-state index contributed by atoms with van der Waals surface area (Å²) in [5, 5.41) is 0. The molecule has 2 nitrogen and oxygen atoms in total. The highest BCUT2D eigenvalue weighted by atomic mass is 79.9. The average Bonchev–Trinajstić information content (AvgIpc) is 2.23. The summed E-state index contributed by atoms with van der Waals surface area (Å²) in [6, 6.07) is 8.83. The summed E-state index contributed by atoms with van der Waals surface area (Å²) < 4.78 is 1.13. The fourth-order valence-corrected chi connectivity index (χ4v) is 2.51. The molecule has 1 aromatic carbocycles. The molecule has 3 heteroatoms. The lowest BCUT2D eigenvalue weighted by molar-refractivity contribution is 0.245. The van der Waals surface area contributed by atoms with Crippen molar-refractivity contribution in [2.24, 2.45) is 11.1 Å². The van der Waals surface area contributed by atoms with E-state index in [1.165, 1.54) is 5.69 Å². The predicted octanol–water partition coefficient (Wildman–Crippen LogP) is 3.01. The maximum atomic E-state index is 6.14. The van der Waals surface area contributed by atoms with Crippen LogP contribution in [0.1, 0.15) is 20.3 Å². The molecule has 1 heterocycles. The number of nitrogens with two attached hydrogens (primary N) is 1. The Hall–Kier alpha value is -0.540. The van der Waals surface area contributed by atoms with Gasteiger partial charge in [-0.3, -0.25) is 0 Å². The predicted molar refractivity (Wildman–Crippen MR) is 72.7 cm³/mol. The molecule has 1 aromatic rings. The molecule has 0 radical (unpaired) electrons. The van der Waals surface area contributed by atoms with Gasteiger partial charge in [-0.1, -0.05) is 29.8 Å². The fraction of sp³-hybridized carbons (Fsp3) is 0.538. The number of halogens is 1. The van der Waals surface area contributed by atoms with Crippen LogP contribution in [0.2, 0.25) is 0 Å². The van der Waals surface area contributed by atoms with Crippen LogP contribution in [-0.2, 0) is 0 Å². The molecule has 0 aromatic heterocycles. The fourth-order valence-electron chi connectivity index (χ4n) is 2.25. The van der Waals surface area contributed by atoms with Gasteiger partial charge in [0.25, 0.3) is 0 Å². The monoisotopic (exact) mass is 282 g/mol. The lowest BCUT2D eigenvalue weighted by Gasteiger charge is -2.43. The second-order valence-corrected chi connectivity index (χ2v) is 6.20. The smallest absolute Gasteiger partial charge is 0.0367 e. The molecule has 0 saturated carbocycles. The molecule has 1 aliphatic rings. The van der Waals surface area contributed by atoms with Gasteiger partial charge in [0, 0.05) is 29.3 Å². The van der Waals surface area contributed by atoms with Crippen molar-refractivity contribution in [2.45, 2.75) is 26.3 Å². The first kappa shape index (κ1) is 11.9. The zero-order valence-corrected chi connectivity index (χ0v) is 11.5. The third-order valence-corrected chi connectivity index (χ3v) is 4.03. The van der Waals surface area contributed by atoms with Crippen LogP contribution in [0.5, 0.6) is 0 Å². The number of hydrogen-bond acceptors (Lipinski definition) is 2. The molecule has 2 N–H and O–H groups in total. The van der Waals surface area contributed by atoms with Gasteiger partial charge in [0.15, 0.2) is 0 Å². The summed E-state index contributed by atoms with van der Waals surface area (Å²) in [6.45, 7) is 6.60. The lowest BCUT2D eigenvalue weighted by atomic mass is 9.79. The van der Waals surface area contributed by atoms with E-state index in [2.05, 4.69) is 58.9 Å². The first-order valence-electron chi connectivity index (χ1n) is 5.75. The van der Waals surface area contributed by atoms with Crippen molar-refractivity contribution in [3.8, 4) is 0 Å². The Labute approximate surface area is 106 Å². The van der Waals surface area contributed by atoms with E-state index in [0.29, 0.717) is 6.04 Å². The van der Waals surface area contributed by atoms with Crippen molar-refractivity contribution in [3.63, 3.8) is 0 Å². The summed E-state index contributed by atoms with van der Waals surface area (Å²) in [5.41, 5.74) is 7.64. The van der Waals surface area contributed by atoms with Crippen molar-refractivity contribution in [3.05, 3.63) is 28.7 Å². The number of benzene rings is 1. The summed E-state index contributed by atoms with van der Waals surface area (Å²) in [4.78, 5) is 2.43. The Morgan fingerprint density at radius 3 is 2.50 bits per heavy atom. The van der Waals surface area contributed by atoms with Gasteiger partial charge in [-0.2, -0.15) is 0 Å². The van der Waals surface area contributed by atoms with Gasteiger partial charge in [0.1, 0.15) is 0 Å². The Balaban J connectivity index is 2.14. The minimum Gasteiger partial charge on any atom is -0.371 e. The Kier molecular flexibility index (Phi) is 3.27. The van der Waals surface area contributed by atoms with Crippen molar-refractivity contribution >= 4 is 21.6 Å². The van der Waals surface area contributed by atoms with Crippen LogP contribution in [0.3, 0.4) is 0 Å². The minimum atomic E-state index is 0.200. The molecule has 0 bridgehead atoms. The number of hydrogen-bond donors (Lipinski definition) is 1. The number of piperidine rings is 1. The molecule has 1 atom stereocenters. The molecule has 1 aliphatic heterocycles. The van der Waals surface area contributed by atoms with E-state index in [0.717, 1.165) is 24.0 Å². The maximum absolute atomic E-state index is 6.14. The van der Waals surface area contributed by atoms with Gasteiger partial charge in [-0.25, -0.2) is 0 Å². The van der Waals surface area contributed by atoms with Crippen LogP contribution in [-0.4, -0.2) is 19.1 Å². The summed E-state index contributed by atoms with van der Waals surface area (Å²) >= 11 is 3.46. The molecule has 0 amide bonds. The Morgan fingerprint density at radius 1 is 1.31 bits per heavy atom. The third-order valence-electron chi connectivity index (χ3n) is 3.50. The molecule has 2 rings (SSSR count). The first-order chi connectivity index (χ1) is 7.49. The van der Waals surface area contributed by atoms with Gasteiger partial charge < -0.3 is 10.6 Å². The van der Waals surface area contributed by atoms with E-state index >= 15 is 0 Å². The summed E-state index contributed by atoms with van der Waals surface area (Å²) in [7, 11) is 0. The highest BCUT2D eigenvalue weighted by molar-refractivity contribution is 9.10. The van der Waals surface area contributed by atoms with E-state index in [1.54, 1.807) is 0 Å². The van der Waals surface area contributed by atoms with Crippen LogP contribution in [0.25, 0.3) is 0 Å². The van der Waals surface area contributed by atoms with Gasteiger partial charge >= 0.3 is 0 Å². The van der Waals surface area contributed by atoms with Crippen molar-refractivity contribution < 1.29 is 0 Å². The van der Waals surface area contributed by atoms with Gasteiger partial charge in [-0.05, 0) is 36.1 Å². The van der Waals surface area contributed by atoms with Crippen LogP contribution >= 0.6 is 15.9 Å². The molecule has 0 aliphatic carbocycles. The molecule has 16 heavy (non-hydrogen) atoms. The van der Waals surface area contributed by atoms with E-state index < -0.39 is 0 Å². The average molecular weight is 283 g/mol. The Bertz CT molecular complexity index is 359. The topological polar surface area (TPSA) is 29.3 Å². The zero-order valence-electron chi connectivity index (χ0n) is 9.91. The van der Waals surface area contributed by atoms with E-state index in [-0.39, 0.29) is 5.41 Å². The largest absolute Gasteiger partial charge is 0.371 e. The highest BCUT2D eigenvalue weighted by Crippen LogP contribution is 2.31. The van der Waals surface area contributed by atoms with Crippen LogP contribution in [0.15, 0.2) is 28.7 Å². The third kappa shape index (κ3) is 2.41. The lowest BCUT2D eigenvalue weighted by Crippen LogP contribution is -2.52. The van der Waals surface area contributed by atoms with E-state index in [4.69, 9.17) is 5.73 Å². The summed E-state index contributed by atoms with van der Waals surface area (Å²) in [6.07, 6.45) is 1.07. The molecule has 1 unspecified atom stereocenters. The molecule has 0 spiro atoms. The second-order valence-electron chi connectivity index (χ2n) is 5.28. The zero-order chi connectivity index (χ0) is 11.8. The molecule has 1 saturated heterocycles. The van der Waals surface area contributed by atoms with Crippen molar-refractivity contribution in [2.75, 3.05) is 18.0 Å².